The highest BCUT2D eigenvalue weighted by molar-refractivity contribution is 6.10. The molecule has 0 radical (unpaired) electrons. The zero-order valence-corrected chi connectivity index (χ0v) is 23.8. The highest BCUT2D eigenvalue weighted by atomic mass is 16.5. The molecule has 0 saturated heterocycles. The lowest BCUT2D eigenvalue weighted by Crippen LogP contribution is -2.56. The summed E-state index contributed by atoms with van der Waals surface area (Å²) in [6.45, 7) is 5.39. The van der Waals surface area contributed by atoms with Gasteiger partial charge >= 0.3 is 5.97 Å². The van der Waals surface area contributed by atoms with Crippen molar-refractivity contribution in [1.29, 1.82) is 0 Å². The summed E-state index contributed by atoms with van der Waals surface area (Å²) in [6.07, 6.45) is 0.977. The number of carbonyl (C=O) groups excluding carboxylic acids is 4. The third kappa shape index (κ3) is 6.23. The standard InChI is InChI=1S/C33H36N2O6/c1-5-20-11-7-9-13-24(20)34-30(37)28-26(36)19-33(3,40)29(31(38)35-25-14-10-8-12-21(25)6-2)27(28)22-15-17-23(18-16-22)32(39)41-4/h7-18,27-29,40H,5-6,19H2,1-4H3,(H,34,37)(H,35,38). The fourth-order valence-electron chi connectivity index (χ4n) is 5.77. The summed E-state index contributed by atoms with van der Waals surface area (Å²) in [5.41, 5.74) is 2.01. The summed E-state index contributed by atoms with van der Waals surface area (Å²) in [5.74, 6) is -5.51. The highest BCUT2D eigenvalue weighted by Crippen LogP contribution is 2.47. The maximum atomic E-state index is 14.0. The number of carbonyl (C=O) groups is 4. The third-order valence-corrected chi connectivity index (χ3v) is 7.86. The molecular weight excluding hydrogens is 520 g/mol. The van der Waals surface area contributed by atoms with Gasteiger partial charge in [-0.05, 0) is 60.7 Å². The molecule has 3 N–H and O–H groups in total. The van der Waals surface area contributed by atoms with E-state index in [4.69, 9.17) is 4.74 Å². The molecule has 1 aliphatic carbocycles. The molecule has 2 amide bonds. The molecule has 3 aromatic rings. The zero-order valence-electron chi connectivity index (χ0n) is 23.8. The second kappa shape index (κ2) is 12.5. The van der Waals surface area contributed by atoms with E-state index in [1.165, 1.54) is 26.2 Å². The molecule has 0 aliphatic heterocycles. The van der Waals surface area contributed by atoms with Crippen LogP contribution >= 0.6 is 0 Å². The Bertz CT molecular complexity index is 1450. The fourth-order valence-corrected chi connectivity index (χ4v) is 5.77. The quantitative estimate of drug-likeness (QED) is 0.268. The first kappa shape index (κ1) is 29.7. The molecule has 0 heterocycles. The van der Waals surface area contributed by atoms with Crippen LogP contribution in [0.25, 0.3) is 0 Å². The highest BCUT2D eigenvalue weighted by Gasteiger charge is 2.56. The third-order valence-electron chi connectivity index (χ3n) is 7.86. The summed E-state index contributed by atoms with van der Waals surface area (Å²) in [5, 5.41) is 17.4. The summed E-state index contributed by atoms with van der Waals surface area (Å²) in [6, 6.07) is 21.0. The van der Waals surface area contributed by atoms with E-state index >= 15 is 0 Å². The number of hydrogen-bond acceptors (Lipinski definition) is 6. The van der Waals surface area contributed by atoms with Crippen LogP contribution in [0.2, 0.25) is 0 Å². The minimum atomic E-state index is -1.74. The average molecular weight is 557 g/mol. The molecule has 0 bridgehead atoms. The fraction of sp³-hybridized carbons (Fsp3) is 0.333. The van der Waals surface area contributed by atoms with Crippen molar-refractivity contribution in [1.82, 2.24) is 0 Å². The van der Waals surface area contributed by atoms with Crippen LogP contribution in [0, 0.1) is 11.8 Å². The number of esters is 1. The topological polar surface area (TPSA) is 122 Å². The van der Waals surface area contributed by atoms with Crippen molar-refractivity contribution in [2.75, 3.05) is 17.7 Å². The van der Waals surface area contributed by atoms with Gasteiger partial charge in [-0.1, -0.05) is 62.4 Å². The molecule has 1 saturated carbocycles. The van der Waals surface area contributed by atoms with Crippen molar-refractivity contribution in [2.24, 2.45) is 11.8 Å². The number of aliphatic hydroxyl groups is 1. The minimum absolute atomic E-state index is 0.279. The number of methoxy groups -OCH3 is 1. The monoisotopic (exact) mass is 556 g/mol. The number of anilines is 2. The van der Waals surface area contributed by atoms with Gasteiger partial charge < -0.3 is 20.5 Å². The predicted molar refractivity (Wildman–Crippen MR) is 157 cm³/mol. The van der Waals surface area contributed by atoms with Crippen LogP contribution in [0.4, 0.5) is 11.4 Å². The van der Waals surface area contributed by atoms with Crippen molar-refractivity contribution >= 4 is 34.9 Å². The van der Waals surface area contributed by atoms with Crippen molar-refractivity contribution in [3.8, 4) is 0 Å². The number of aryl methyl sites for hydroxylation is 2. The van der Waals surface area contributed by atoms with Crippen LogP contribution in [0.5, 0.6) is 0 Å². The Kier molecular flexibility index (Phi) is 9.03. The van der Waals surface area contributed by atoms with Crippen molar-refractivity contribution in [3.05, 3.63) is 95.1 Å². The largest absolute Gasteiger partial charge is 0.465 e. The first-order chi connectivity index (χ1) is 19.6. The molecule has 0 aromatic heterocycles. The van der Waals surface area contributed by atoms with Crippen LogP contribution in [0.15, 0.2) is 72.8 Å². The molecule has 0 spiro atoms. The average Bonchev–Trinajstić information content (AvgIpc) is 2.96. The van der Waals surface area contributed by atoms with Gasteiger partial charge in [-0.25, -0.2) is 4.79 Å². The Morgan fingerprint density at radius 1 is 0.854 bits per heavy atom. The molecule has 214 valence electrons. The van der Waals surface area contributed by atoms with E-state index in [2.05, 4.69) is 10.6 Å². The Morgan fingerprint density at radius 3 is 1.88 bits per heavy atom. The van der Waals surface area contributed by atoms with Crippen LogP contribution < -0.4 is 10.6 Å². The van der Waals surface area contributed by atoms with Gasteiger partial charge in [-0.15, -0.1) is 0 Å². The van der Waals surface area contributed by atoms with Crippen LogP contribution in [0.1, 0.15) is 60.2 Å². The number of ketones is 1. The summed E-state index contributed by atoms with van der Waals surface area (Å²) >= 11 is 0. The number of hydrogen-bond donors (Lipinski definition) is 3. The van der Waals surface area contributed by atoms with Gasteiger partial charge in [0.25, 0.3) is 0 Å². The lowest BCUT2D eigenvalue weighted by Gasteiger charge is -2.44. The predicted octanol–water partition coefficient (Wildman–Crippen LogP) is 4.92. The van der Waals surface area contributed by atoms with E-state index in [-0.39, 0.29) is 12.0 Å². The van der Waals surface area contributed by atoms with Gasteiger partial charge in [-0.3, -0.25) is 14.4 Å². The minimum Gasteiger partial charge on any atom is -0.465 e. The second-order valence-electron chi connectivity index (χ2n) is 10.6. The number of benzene rings is 3. The maximum Gasteiger partial charge on any atom is 0.337 e. The zero-order chi connectivity index (χ0) is 29.7. The van der Waals surface area contributed by atoms with Gasteiger partial charge in [0.2, 0.25) is 11.8 Å². The lowest BCUT2D eigenvalue weighted by molar-refractivity contribution is -0.150. The molecule has 3 aromatic carbocycles. The maximum absolute atomic E-state index is 14.0. The Labute approximate surface area is 240 Å². The molecule has 4 rings (SSSR count). The molecule has 4 atom stereocenters. The Balaban J connectivity index is 1.80. The first-order valence-corrected chi connectivity index (χ1v) is 13.8. The summed E-state index contributed by atoms with van der Waals surface area (Å²) < 4.78 is 4.81. The molecule has 8 nitrogen and oxygen atoms in total. The summed E-state index contributed by atoms with van der Waals surface area (Å²) in [4.78, 5) is 53.6. The molecule has 41 heavy (non-hydrogen) atoms. The van der Waals surface area contributed by atoms with E-state index < -0.39 is 46.9 Å². The molecule has 1 aliphatic rings. The van der Waals surface area contributed by atoms with E-state index in [0.717, 1.165) is 11.1 Å². The lowest BCUT2D eigenvalue weighted by atomic mass is 9.61. The number of para-hydroxylation sites is 2. The first-order valence-electron chi connectivity index (χ1n) is 13.8. The number of nitrogens with one attached hydrogen (secondary N) is 2. The van der Waals surface area contributed by atoms with E-state index in [9.17, 15) is 24.3 Å². The summed E-state index contributed by atoms with van der Waals surface area (Å²) in [7, 11) is 1.27. The molecule has 4 unspecified atom stereocenters. The van der Waals surface area contributed by atoms with Gasteiger partial charge in [0, 0.05) is 23.7 Å². The molecule has 8 heteroatoms. The Hall–Kier alpha value is -4.30. The van der Waals surface area contributed by atoms with E-state index in [1.54, 1.807) is 30.3 Å². The smallest absolute Gasteiger partial charge is 0.337 e. The number of amides is 2. The van der Waals surface area contributed by atoms with Crippen LogP contribution in [-0.2, 0) is 32.0 Å². The molecular formula is C33H36N2O6. The number of Topliss-reactive ketones (excluding diaryl/α,β-unsaturated/α-hetero) is 1. The van der Waals surface area contributed by atoms with Crippen molar-refractivity contribution in [3.63, 3.8) is 0 Å². The molecule has 1 fully saturated rings. The van der Waals surface area contributed by atoms with Gasteiger partial charge in [0.05, 0.1) is 24.2 Å². The number of rotatable bonds is 8. The second-order valence-corrected chi connectivity index (χ2v) is 10.6. The van der Waals surface area contributed by atoms with E-state index in [1.807, 2.05) is 44.2 Å². The Morgan fingerprint density at radius 2 is 1.37 bits per heavy atom. The van der Waals surface area contributed by atoms with Gasteiger partial charge in [0.1, 0.15) is 11.7 Å². The van der Waals surface area contributed by atoms with Gasteiger partial charge in [0.15, 0.2) is 0 Å². The van der Waals surface area contributed by atoms with Crippen molar-refractivity contribution in [2.45, 2.75) is 51.6 Å². The van der Waals surface area contributed by atoms with E-state index in [0.29, 0.717) is 29.8 Å². The number of ether oxygens (including phenoxy) is 1. The van der Waals surface area contributed by atoms with Crippen LogP contribution in [-0.4, -0.2) is 41.4 Å². The normalized spacial score (nSPS) is 22.1. The SMILES string of the molecule is CCc1ccccc1NC(=O)C1C(=O)CC(C)(O)C(C(=O)Nc2ccccc2CC)C1c1ccc(C(=O)OC)cc1. The van der Waals surface area contributed by atoms with Crippen LogP contribution in [0.3, 0.4) is 0 Å². The van der Waals surface area contributed by atoms with Gasteiger partial charge in [-0.2, -0.15) is 0 Å². The van der Waals surface area contributed by atoms with Crippen molar-refractivity contribution < 1.29 is 29.0 Å².